The summed E-state index contributed by atoms with van der Waals surface area (Å²) in [4.78, 5) is 14.8. The molecule has 6 heteroatoms. The lowest BCUT2D eigenvalue weighted by atomic mass is 10.1. The third-order valence-corrected chi connectivity index (χ3v) is 10.8. The van der Waals surface area contributed by atoms with Gasteiger partial charge in [-0.2, -0.15) is 0 Å². The van der Waals surface area contributed by atoms with Crippen LogP contribution < -0.4 is 0 Å². The van der Waals surface area contributed by atoms with Gasteiger partial charge < -0.3 is 8.98 Å². The van der Waals surface area contributed by atoms with Crippen molar-refractivity contribution >= 4 is 75.3 Å². The second-order valence-electron chi connectivity index (χ2n) is 12.4. The van der Waals surface area contributed by atoms with Crippen molar-refractivity contribution in [1.82, 2.24) is 19.5 Å². The minimum Gasteiger partial charge on any atom is -0.455 e. The Labute approximate surface area is 302 Å². The number of hydrogen-bond acceptors (Lipinski definition) is 5. The molecule has 51 heavy (non-hydrogen) atoms. The zero-order chi connectivity index (χ0) is 37.8. The van der Waals surface area contributed by atoms with Crippen LogP contribution in [0.1, 0.15) is 6.85 Å². The summed E-state index contributed by atoms with van der Waals surface area (Å²) >= 11 is 1.65. The Morgan fingerprint density at radius 2 is 1.06 bits per heavy atom. The number of fused-ring (bicyclic) bond motifs is 9. The summed E-state index contributed by atoms with van der Waals surface area (Å²) in [5.74, 6) is 0.533. The summed E-state index contributed by atoms with van der Waals surface area (Å²) < 4.78 is 53.6. The van der Waals surface area contributed by atoms with Gasteiger partial charge in [-0.3, -0.25) is 0 Å². The molecule has 4 heterocycles. The van der Waals surface area contributed by atoms with Crippen molar-refractivity contribution < 1.29 is 11.3 Å². The fraction of sp³-hybridized carbons (Fsp3) is 0. The highest BCUT2D eigenvalue weighted by Gasteiger charge is 2.21. The number of thiophene rings is 1. The van der Waals surface area contributed by atoms with Crippen LogP contribution in [-0.4, -0.2) is 19.5 Å². The van der Waals surface area contributed by atoms with E-state index in [-0.39, 0.29) is 17.2 Å². The molecule has 0 fully saturated rings. The van der Waals surface area contributed by atoms with E-state index in [9.17, 15) is 0 Å². The van der Waals surface area contributed by atoms with Gasteiger partial charge in [0.05, 0.1) is 33.8 Å². The van der Waals surface area contributed by atoms with E-state index >= 15 is 0 Å². The average molecular weight is 676 g/mol. The van der Waals surface area contributed by atoms with Crippen LogP contribution in [0.2, 0.25) is 0 Å². The summed E-state index contributed by atoms with van der Waals surface area (Å²) in [7, 11) is 0. The van der Waals surface area contributed by atoms with Crippen LogP contribution in [-0.2, 0) is 0 Å². The van der Waals surface area contributed by atoms with Gasteiger partial charge in [0.1, 0.15) is 11.2 Å². The van der Waals surface area contributed by atoms with Crippen LogP contribution in [0.5, 0.6) is 0 Å². The SMILES string of the molecule is [2H]c1c([2H])c([2H])c(-c2nc(-c3cccc4c3oc3ccccc34)nc(-c3cccc4c3sc3c(-n5c6ccccc6c6ccccc65)cccc34)n2)c([2H])c1[2H]. The molecule has 5 nitrogen and oxygen atoms in total. The predicted octanol–water partition coefficient (Wildman–Crippen LogP) is 12.2. The smallest absolute Gasteiger partial charge is 0.167 e. The molecule has 0 bridgehead atoms. The predicted molar refractivity (Wildman–Crippen MR) is 211 cm³/mol. The fourth-order valence-corrected chi connectivity index (χ4v) is 8.67. The van der Waals surface area contributed by atoms with Gasteiger partial charge in [-0.25, -0.2) is 15.0 Å². The van der Waals surface area contributed by atoms with E-state index in [1.165, 1.54) is 10.8 Å². The Bertz CT molecular complexity index is 3380. The monoisotopic (exact) mass is 675 g/mol. The Hall–Kier alpha value is -6.63. The highest BCUT2D eigenvalue weighted by atomic mass is 32.1. The van der Waals surface area contributed by atoms with Gasteiger partial charge in [0.2, 0.25) is 0 Å². The average Bonchev–Trinajstić information content (AvgIpc) is 3.92. The molecule has 0 amide bonds. The number of aromatic nitrogens is 4. The highest BCUT2D eigenvalue weighted by molar-refractivity contribution is 7.26. The lowest BCUT2D eigenvalue weighted by Gasteiger charge is -2.09. The number of para-hydroxylation sites is 4. The minimum absolute atomic E-state index is 0.0285. The van der Waals surface area contributed by atoms with E-state index in [0.29, 0.717) is 22.6 Å². The third kappa shape index (κ3) is 4.24. The van der Waals surface area contributed by atoms with Crippen LogP contribution in [0.15, 0.2) is 162 Å². The zero-order valence-electron chi connectivity index (χ0n) is 31.7. The molecule has 0 radical (unpaired) electrons. The molecule has 238 valence electrons. The van der Waals surface area contributed by atoms with Crippen molar-refractivity contribution in [3.63, 3.8) is 0 Å². The number of hydrogen-bond donors (Lipinski definition) is 0. The number of rotatable bonds is 4. The third-order valence-electron chi connectivity index (χ3n) is 9.57. The van der Waals surface area contributed by atoms with Crippen LogP contribution in [0, 0.1) is 0 Å². The Balaban J connectivity index is 1.20. The van der Waals surface area contributed by atoms with Gasteiger partial charge in [-0.1, -0.05) is 121 Å². The molecule has 0 unspecified atom stereocenters. The Kier molecular flexibility index (Phi) is 5.08. The number of furan rings is 1. The first kappa shape index (κ1) is 23.7. The quantitative estimate of drug-likeness (QED) is 0.186. The first-order chi connectivity index (χ1) is 27.4. The highest BCUT2D eigenvalue weighted by Crippen LogP contribution is 2.44. The normalized spacial score (nSPS) is 13.3. The molecule has 11 aromatic rings. The first-order valence-electron chi connectivity index (χ1n) is 19.0. The molecular weight excluding hydrogens is 645 g/mol. The van der Waals surface area contributed by atoms with Crippen LogP contribution in [0.3, 0.4) is 0 Å². The van der Waals surface area contributed by atoms with Crippen molar-refractivity contribution in [2.45, 2.75) is 0 Å². The van der Waals surface area contributed by atoms with Gasteiger partial charge in [0.25, 0.3) is 0 Å². The molecule has 11 rings (SSSR count). The van der Waals surface area contributed by atoms with Crippen molar-refractivity contribution in [2.24, 2.45) is 0 Å². The Morgan fingerprint density at radius 1 is 0.490 bits per heavy atom. The van der Waals surface area contributed by atoms with Crippen LogP contribution in [0.4, 0.5) is 0 Å². The number of nitrogens with zero attached hydrogens (tertiary/aromatic N) is 4. The molecule has 0 aliphatic heterocycles. The number of benzene rings is 7. The van der Waals surface area contributed by atoms with E-state index in [4.69, 9.17) is 26.2 Å². The molecule has 0 saturated carbocycles. The lowest BCUT2D eigenvalue weighted by molar-refractivity contribution is 0.669. The molecule has 0 spiro atoms. The largest absolute Gasteiger partial charge is 0.455 e. The summed E-state index contributed by atoms with van der Waals surface area (Å²) in [5.41, 5.74) is 5.79. The zero-order valence-corrected chi connectivity index (χ0v) is 27.5. The van der Waals surface area contributed by atoms with Crippen molar-refractivity contribution in [2.75, 3.05) is 0 Å². The Morgan fingerprint density at radius 3 is 1.82 bits per heavy atom. The van der Waals surface area contributed by atoms with E-state index in [1.54, 1.807) is 11.3 Å². The van der Waals surface area contributed by atoms with E-state index in [2.05, 4.69) is 77.4 Å². The van der Waals surface area contributed by atoms with Gasteiger partial charge in [0, 0.05) is 48.1 Å². The fourth-order valence-electron chi connectivity index (χ4n) is 7.35. The molecule has 4 aromatic heterocycles. The summed E-state index contributed by atoms with van der Waals surface area (Å²) in [5, 5.41) is 6.29. The maximum absolute atomic E-state index is 8.85. The summed E-state index contributed by atoms with van der Waals surface area (Å²) in [6.45, 7) is 0. The van der Waals surface area contributed by atoms with Gasteiger partial charge >= 0.3 is 0 Å². The van der Waals surface area contributed by atoms with Crippen LogP contribution >= 0.6 is 11.3 Å². The van der Waals surface area contributed by atoms with E-state index in [1.807, 2.05) is 54.6 Å². The first-order valence-corrected chi connectivity index (χ1v) is 17.4. The standard InChI is InChI=1S/C45H26N4OS/c1-2-13-27(14-3-1)43-46-44(34-21-10-18-31-30-17-6-9-26-39(30)50-40(31)34)48-45(47-43)35-22-11-19-32-33-20-12-25-38(42(33)51-41(32)35)49-36-23-7-4-15-28(36)29-16-5-8-24-37(29)49/h1-26H/i1D,2D,3D,13D,14D. The second-order valence-corrected chi connectivity index (χ2v) is 13.4. The summed E-state index contributed by atoms with van der Waals surface area (Å²) in [6, 6.07) is 40.7. The minimum atomic E-state index is -0.487. The molecule has 0 N–H and O–H groups in total. The van der Waals surface area contributed by atoms with Crippen molar-refractivity contribution in [1.29, 1.82) is 0 Å². The van der Waals surface area contributed by atoms with Gasteiger partial charge in [-0.05, 0) is 36.4 Å². The maximum atomic E-state index is 8.85. The topological polar surface area (TPSA) is 56.7 Å². The van der Waals surface area contributed by atoms with Crippen molar-refractivity contribution in [3.05, 3.63) is 158 Å². The lowest BCUT2D eigenvalue weighted by Crippen LogP contribution is -2.00. The van der Waals surface area contributed by atoms with Crippen LogP contribution in [0.25, 0.3) is 104 Å². The van der Waals surface area contributed by atoms with Gasteiger partial charge in [0.15, 0.2) is 17.5 Å². The molecule has 7 aromatic carbocycles. The van der Waals surface area contributed by atoms with E-state index in [0.717, 1.165) is 53.2 Å². The molecule has 0 aliphatic carbocycles. The van der Waals surface area contributed by atoms with Gasteiger partial charge in [-0.15, -0.1) is 11.3 Å². The molecule has 0 aliphatic rings. The van der Waals surface area contributed by atoms with E-state index < -0.39 is 30.2 Å². The van der Waals surface area contributed by atoms with Crippen molar-refractivity contribution in [3.8, 4) is 39.9 Å². The molecular formula is C45H26N4OS. The summed E-state index contributed by atoms with van der Waals surface area (Å²) in [6.07, 6.45) is 0. The second kappa shape index (κ2) is 10.9. The maximum Gasteiger partial charge on any atom is 0.167 e. The molecule has 0 saturated heterocycles. The molecule has 0 atom stereocenters.